The number of halogens is 3. The van der Waals surface area contributed by atoms with Crippen molar-refractivity contribution >= 4 is 11.8 Å². The van der Waals surface area contributed by atoms with Gasteiger partial charge < -0.3 is 5.32 Å². The Morgan fingerprint density at radius 1 is 1.00 bits per heavy atom. The highest BCUT2D eigenvalue weighted by Crippen LogP contribution is 2.33. The Bertz CT molecular complexity index is 631. The topological polar surface area (TPSA) is 12.0 Å². The van der Waals surface area contributed by atoms with E-state index in [0.29, 0.717) is 0 Å². The summed E-state index contributed by atoms with van der Waals surface area (Å²) in [5.74, 6) is -1.55. The van der Waals surface area contributed by atoms with Gasteiger partial charge in [-0.3, -0.25) is 0 Å². The Morgan fingerprint density at radius 3 is 2.43 bits per heavy atom. The lowest BCUT2D eigenvalue weighted by molar-refractivity contribution is 0.569. The van der Waals surface area contributed by atoms with Crippen LogP contribution in [-0.2, 0) is 0 Å². The molecule has 0 aromatic heterocycles. The van der Waals surface area contributed by atoms with Gasteiger partial charge in [0.15, 0.2) is 0 Å². The minimum Gasteiger partial charge on any atom is -0.310 e. The molecule has 112 valence electrons. The van der Waals surface area contributed by atoms with Crippen LogP contribution in [0, 0.1) is 17.5 Å². The summed E-state index contributed by atoms with van der Waals surface area (Å²) in [7, 11) is 0. The lowest BCUT2D eigenvalue weighted by Gasteiger charge is -2.14. The molecule has 0 fully saturated rings. The molecule has 0 saturated heterocycles. The molecule has 5 heteroatoms. The van der Waals surface area contributed by atoms with Gasteiger partial charge in [0, 0.05) is 10.9 Å². The second-order valence-electron chi connectivity index (χ2n) is 4.65. The summed E-state index contributed by atoms with van der Waals surface area (Å²) in [6.07, 6.45) is 0. The van der Waals surface area contributed by atoms with E-state index in [9.17, 15) is 13.2 Å². The molecule has 0 aliphatic carbocycles. The van der Waals surface area contributed by atoms with Gasteiger partial charge in [-0.05, 0) is 49.4 Å². The fourth-order valence-electron chi connectivity index (χ4n) is 1.97. The van der Waals surface area contributed by atoms with E-state index < -0.39 is 17.5 Å². The average molecular weight is 311 g/mol. The zero-order chi connectivity index (χ0) is 15.4. The Morgan fingerprint density at radius 2 is 1.76 bits per heavy atom. The van der Waals surface area contributed by atoms with Crippen LogP contribution in [0.25, 0.3) is 0 Å². The highest BCUT2D eigenvalue weighted by atomic mass is 32.2. The highest BCUT2D eigenvalue weighted by molar-refractivity contribution is 7.99. The fourth-order valence-corrected chi connectivity index (χ4v) is 2.83. The third-order valence-corrected chi connectivity index (χ3v) is 4.16. The standard InChI is InChI=1S/C16H16F3NS/c1-3-20-10(2)11-4-7-15(14(19)8-11)21-16-9-12(17)5-6-13(16)18/h4-10,20H,3H2,1-2H3. The van der Waals surface area contributed by atoms with Crippen LogP contribution in [0.2, 0.25) is 0 Å². The van der Waals surface area contributed by atoms with Crippen molar-refractivity contribution in [3.63, 3.8) is 0 Å². The molecule has 0 aliphatic heterocycles. The lowest BCUT2D eigenvalue weighted by atomic mass is 10.1. The maximum absolute atomic E-state index is 14.1. The van der Waals surface area contributed by atoms with Gasteiger partial charge in [0.1, 0.15) is 17.5 Å². The first-order valence-electron chi connectivity index (χ1n) is 6.67. The molecule has 0 amide bonds. The minimum absolute atomic E-state index is 0.0365. The van der Waals surface area contributed by atoms with Crippen LogP contribution in [0.3, 0.4) is 0 Å². The van der Waals surface area contributed by atoms with E-state index in [1.54, 1.807) is 12.1 Å². The summed E-state index contributed by atoms with van der Waals surface area (Å²) in [6.45, 7) is 4.70. The predicted octanol–water partition coefficient (Wildman–Crippen LogP) is 4.93. The molecule has 1 unspecified atom stereocenters. The quantitative estimate of drug-likeness (QED) is 0.840. The van der Waals surface area contributed by atoms with Gasteiger partial charge in [0.2, 0.25) is 0 Å². The first-order valence-corrected chi connectivity index (χ1v) is 7.48. The van der Waals surface area contributed by atoms with Crippen LogP contribution < -0.4 is 5.32 Å². The second-order valence-corrected chi connectivity index (χ2v) is 5.73. The van der Waals surface area contributed by atoms with Crippen molar-refractivity contribution in [1.29, 1.82) is 0 Å². The van der Waals surface area contributed by atoms with Crippen molar-refractivity contribution in [2.45, 2.75) is 29.7 Å². The van der Waals surface area contributed by atoms with Gasteiger partial charge in [0.05, 0.1) is 4.90 Å². The monoisotopic (exact) mass is 311 g/mol. The molecule has 2 aromatic rings. The molecular formula is C16H16F3NS. The molecule has 1 nitrogen and oxygen atoms in total. The van der Waals surface area contributed by atoms with Crippen LogP contribution in [0.4, 0.5) is 13.2 Å². The first-order chi connectivity index (χ1) is 10.0. The molecule has 0 saturated carbocycles. The lowest BCUT2D eigenvalue weighted by Crippen LogP contribution is -2.17. The third-order valence-electron chi connectivity index (χ3n) is 3.08. The summed E-state index contributed by atoms with van der Waals surface area (Å²) >= 11 is 0.878. The summed E-state index contributed by atoms with van der Waals surface area (Å²) in [5.41, 5.74) is 0.818. The molecular weight excluding hydrogens is 295 g/mol. The van der Waals surface area contributed by atoms with Gasteiger partial charge in [0.25, 0.3) is 0 Å². The van der Waals surface area contributed by atoms with E-state index >= 15 is 0 Å². The number of nitrogens with one attached hydrogen (secondary N) is 1. The maximum Gasteiger partial charge on any atom is 0.137 e. The number of hydrogen-bond donors (Lipinski definition) is 1. The third kappa shape index (κ3) is 4.02. The van der Waals surface area contributed by atoms with Crippen molar-refractivity contribution in [3.8, 4) is 0 Å². The number of hydrogen-bond acceptors (Lipinski definition) is 2. The molecule has 0 bridgehead atoms. The Labute approximate surface area is 126 Å². The Balaban J connectivity index is 2.23. The van der Waals surface area contributed by atoms with Crippen molar-refractivity contribution in [2.75, 3.05) is 6.54 Å². The fraction of sp³-hybridized carbons (Fsp3) is 0.250. The molecule has 2 rings (SSSR count). The van der Waals surface area contributed by atoms with E-state index in [4.69, 9.17) is 0 Å². The molecule has 0 aliphatic rings. The van der Waals surface area contributed by atoms with Crippen molar-refractivity contribution in [1.82, 2.24) is 5.32 Å². The second kappa shape index (κ2) is 7.00. The molecule has 1 atom stereocenters. The van der Waals surface area contributed by atoms with Gasteiger partial charge in [-0.1, -0.05) is 24.8 Å². The van der Waals surface area contributed by atoms with E-state index in [1.807, 2.05) is 13.8 Å². The van der Waals surface area contributed by atoms with Crippen LogP contribution in [0.1, 0.15) is 25.5 Å². The van der Waals surface area contributed by atoms with Gasteiger partial charge in [-0.15, -0.1) is 0 Å². The van der Waals surface area contributed by atoms with Gasteiger partial charge in [-0.25, -0.2) is 13.2 Å². The Hall–Kier alpha value is -1.46. The zero-order valence-electron chi connectivity index (χ0n) is 11.8. The average Bonchev–Trinajstić information content (AvgIpc) is 2.45. The van der Waals surface area contributed by atoms with E-state index in [1.165, 1.54) is 6.07 Å². The van der Waals surface area contributed by atoms with Crippen molar-refractivity contribution in [3.05, 3.63) is 59.4 Å². The van der Waals surface area contributed by atoms with Crippen molar-refractivity contribution < 1.29 is 13.2 Å². The minimum atomic E-state index is -0.564. The predicted molar refractivity (Wildman–Crippen MR) is 79.0 cm³/mol. The summed E-state index contributed by atoms with van der Waals surface area (Å²) in [6, 6.07) is 7.98. The molecule has 0 spiro atoms. The maximum atomic E-state index is 14.1. The van der Waals surface area contributed by atoms with E-state index in [2.05, 4.69) is 5.32 Å². The van der Waals surface area contributed by atoms with Crippen molar-refractivity contribution in [2.24, 2.45) is 0 Å². The normalized spacial score (nSPS) is 12.4. The summed E-state index contributed by atoms with van der Waals surface area (Å²) in [4.78, 5) is 0.341. The van der Waals surface area contributed by atoms with Gasteiger partial charge in [-0.2, -0.15) is 0 Å². The molecule has 0 heterocycles. The van der Waals surface area contributed by atoms with Crippen LogP contribution in [0.5, 0.6) is 0 Å². The smallest absolute Gasteiger partial charge is 0.137 e. The summed E-state index contributed by atoms with van der Waals surface area (Å²) < 4.78 is 40.8. The zero-order valence-corrected chi connectivity index (χ0v) is 12.6. The molecule has 21 heavy (non-hydrogen) atoms. The van der Waals surface area contributed by atoms with E-state index in [-0.39, 0.29) is 15.8 Å². The van der Waals surface area contributed by atoms with E-state index in [0.717, 1.165) is 42.1 Å². The highest BCUT2D eigenvalue weighted by Gasteiger charge is 2.12. The first kappa shape index (κ1) is 15.9. The molecule has 1 N–H and O–H groups in total. The van der Waals surface area contributed by atoms with Gasteiger partial charge >= 0.3 is 0 Å². The Kier molecular flexibility index (Phi) is 5.31. The number of benzene rings is 2. The molecule has 2 aromatic carbocycles. The summed E-state index contributed by atoms with van der Waals surface area (Å²) in [5, 5.41) is 3.19. The van der Waals surface area contributed by atoms with Crippen LogP contribution in [0.15, 0.2) is 46.2 Å². The number of rotatable bonds is 5. The molecule has 0 radical (unpaired) electrons. The largest absolute Gasteiger partial charge is 0.310 e. The van der Waals surface area contributed by atoms with Crippen LogP contribution >= 0.6 is 11.8 Å². The van der Waals surface area contributed by atoms with Crippen LogP contribution in [-0.4, -0.2) is 6.54 Å². The SMILES string of the molecule is CCNC(C)c1ccc(Sc2cc(F)ccc2F)c(F)c1.